The number of H-pyrrole nitrogens is 1. The molecule has 2 amide bonds. The van der Waals surface area contributed by atoms with Crippen molar-refractivity contribution in [3.8, 4) is 11.3 Å². The highest BCUT2D eigenvalue weighted by Gasteiger charge is 2.48. The van der Waals surface area contributed by atoms with Crippen LogP contribution in [0.4, 0.5) is 10.6 Å². The Morgan fingerprint density at radius 1 is 1.00 bits per heavy atom. The van der Waals surface area contributed by atoms with Crippen molar-refractivity contribution in [2.75, 3.05) is 57.4 Å². The average molecular weight is 547 g/mol. The van der Waals surface area contributed by atoms with Crippen LogP contribution in [-0.4, -0.2) is 94.8 Å². The summed E-state index contributed by atoms with van der Waals surface area (Å²) >= 11 is 0. The summed E-state index contributed by atoms with van der Waals surface area (Å²) in [5.41, 5.74) is 3.48. The largest absolute Gasteiger partial charge is 0.444 e. The number of piperidine rings is 1. The number of rotatable bonds is 4. The van der Waals surface area contributed by atoms with Gasteiger partial charge in [0, 0.05) is 50.4 Å². The molecule has 3 saturated heterocycles. The van der Waals surface area contributed by atoms with Gasteiger partial charge in [-0.1, -0.05) is 24.3 Å². The van der Waals surface area contributed by atoms with Crippen molar-refractivity contribution < 1.29 is 19.1 Å². The second-order valence-corrected chi connectivity index (χ2v) is 12.3. The molecule has 1 N–H and O–H groups in total. The fraction of sp³-hybridized carbons (Fsp3) is 0.533. The molecule has 3 fully saturated rings. The quantitative estimate of drug-likeness (QED) is 0.530. The molecule has 6 rings (SSSR count). The van der Waals surface area contributed by atoms with Crippen molar-refractivity contribution in [2.24, 2.45) is 5.41 Å². The van der Waals surface area contributed by atoms with E-state index in [1.54, 1.807) is 11.2 Å². The number of anilines is 1. The number of aromatic nitrogens is 3. The van der Waals surface area contributed by atoms with Gasteiger partial charge in [-0.25, -0.2) is 14.8 Å². The monoisotopic (exact) mass is 546 g/mol. The molecule has 3 aliphatic rings. The van der Waals surface area contributed by atoms with Crippen LogP contribution in [0.2, 0.25) is 0 Å². The molecular weight excluding hydrogens is 508 g/mol. The van der Waals surface area contributed by atoms with Crippen LogP contribution >= 0.6 is 0 Å². The van der Waals surface area contributed by atoms with E-state index in [1.165, 1.54) is 0 Å². The van der Waals surface area contributed by atoms with E-state index in [1.807, 2.05) is 37.8 Å². The highest BCUT2D eigenvalue weighted by molar-refractivity contribution is 5.92. The summed E-state index contributed by atoms with van der Waals surface area (Å²) in [7, 11) is 0. The van der Waals surface area contributed by atoms with E-state index in [0.717, 1.165) is 85.8 Å². The van der Waals surface area contributed by atoms with Crippen molar-refractivity contribution in [1.29, 1.82) is 0 Å². The maximum absolute atomic E-state index is 13.1. The molecule has 0 unspecified atom stereocenters. The topological polar surface area (TPSA) is 104 Å². The first-order chi connectivity index (χ1) is 19.2. The number of hydrogen-bond donors (Lipinski definition) is 1. The number of nitrogens with zero attached hydrogens (tertiary/aromatic N) is 5. The van der Waals surface area contributed by atoms with Gasteiger partial charge in [0.15, 0.2) is 0 Å². The molecule has 2 aromatic heterocycles. The van der Waals surface area contributed by atoms with Gasteiger partial charge in [0.05, 0.1) is 25.0 Å². The van der Waals surface area contributed by atoms with Crippen LogP contribution in [0.25, 0.3) is 22.3 Å². The van der Waals surface area contributed by atoms with Crippen LogP contribution in [0, 0.1) is 5.41 Å². The molecule has 0 radical (unpaired) electrons. The maximum atomic E-state index is 13.1. The molecule has 0 saturated carbocycles. The summed E-state index contributed by atoms with van der Waals surface area (Å²) in [6.07, 6.45) is 3.60. The zero-order chi connectivity index (χ0) is 27.9. The number of amides is 2. The van der Waals surface area contributed by atoms with E-state index in [2.05, 4.69) is 38.1 Å². The van der Waals surface area contributed by atoms with Crippen molar-refractivity contribution in [1.82, 2.24) is 24.8 Å². The first-order valence-corrected chi connectivity index (χ1v) is 14.2. The number of benzene rings is 1. The molecular formula is C30H38N6O4. The number of nitrogens with one attached hydrogen (secondary N) is 1. The van der Waals surface area contributed by atoms with Crippen molar-refractivity contribution in [2.45, 2.75) is 45.6 Å². The minimum absolute atomic E-state index is 0.126. The predicted molar refractivity (Wildman–Crippen MR) is 152 cm³/mol. The van der Waals surface area contributed by atoms with E-state index in [0.29, 0.717) is 19.6 Å². The zero-order valence-corrected chi connectivity index (χ0v) is 23.6. The van der Waals surface area contributed by atoms with Crippen LogP contribution in [-0.2, 0) is 20.7 Å². The minimum atomic E-state index is -0.482. The van der Waals surface area contributed by atoms with Gasteiger partial charge < -0.3 is 29.2 Å². The molecule has 40 heavy (non-hydrogen) atoms. The van der Waals surface area contributed by atoms with Gasteiger partial charge >= 0.3 is 6.09 Å². The molecule has 3 aromatic rings. The highest BCUT2D eigenvalue weighted by Crippen LogP contribution is 2.41. The van der Waals surface area contributed by atoms with E-state index >= 15 is 0 Å². The summed E-state index contributed by atoms with van der Waals surface area (Å²) in [6.45, 7) is 11.6. The third kappa shape index (κ3) is 5.50. The van der Waals surface area contributed by atoms with Gasteiger partial charge in [-0.15, -0.1) is 0 Å². The van der Waals surface area contributed by atoms with Gasteiger partial charge in [0.2, 0.25) is 5.91 Å². The third-order valence-electron chi connectivity index (χ3n) is 8.22. The molecule has 212 valence electrons. The Bertz CT molecular complexity index is 1370. The van der Waals surface area contributed by atoms with Gasteiger partial charge in [0.1, 0.15) is 23.4 Å². The molecule has 5 heterocycles. The van der Waals surface area contributed by atoms with E-state index in [4.69, 9.17) is 9.47 Å². The lowest BCUT2D eigenvalue weighted by molar-refractivity contribution is -0.135. The van der Waals surface area contributed by atoms with Crippen molar-refractivity contribution in [3.63, 3.8) is 0 Å². The lowest BCUT2D eigenvalue weighted by Gasteiger charge is -2.53. The number of likely N-dealkylation sites (tertiary alicyclic amines) is 2. The summed E-state index contributed by atoms with van der Waals surface area (Å²) < 4.78 is 11.0. The van der Waals surface area contributed by atoms with E-state index in [9.17, 15) is 9.59 Å². The van der Waals surface area contributed by atoms with E-state index < -0.39 is 5.60 Å². The Balaban J connectivity index is 1.04. The Morgan fingerprint density at radius 2 is 1.70 bits per heavy atom. The molecule has 1 spiro atoms. The third-order valence-corrected chi connectivity index (χ3v) is 8.22. The number of carbonyl (C=O) groups excluding carboxylic acids is 2. The van der Waals surface area contributed by atoms with Gasteiger partial charge in [-0.3, -0.25) is 4.79 Å². The predicted octanol–water partition coefficient (Wildman–Crippen LogP) is 3.86. The summed E-state index contributed by atoms with van der Waals surface area (Å²) in [5, 5.41) is 1.00. The number of morpholine rings is 1. The number of carbonyl (C=O) groups is 2. The number of ether oxygens (including phenoxy) is 2. The normalized spacial score (nSPS) is 19.1. The molecule has 1 aromatic carbocycles. The number of hydrogen-bond acceptors (Lipinski definition) is 7. The molecule has 3 aliphatic heterocycles. The first kappa shape index (κ1) is 26.6. The minimum Gasteiger partial charge on any atom is -0.444 e. The SMILES string of the molecule is CC(C)(C)OC(=O)N1CC2(CCN(C(=O)Cc3ccc(-c4cc5c(N6CCOCC6)ncnc5[nH]4)cc3)CC2)C1. The van der Waals surface area contributed by atoms with E-state index in [-0.39, 0.29) is 17.4 Å². The van der Waals surface area contributed by atoms with Gasteiger partial charge in [-0.2, -0.15) is 0 Å². The summed E-state index contributed by atoms with van der Waals surface area (Å²) in [4.78, 5) is 43.8. The number of aromatic amines is 1. The Morgan fingerprint density at radius 3 is 2.38 bits per heavy atom. The second kappa shape index (κ2) is 10.4. The molecule has 0 bridgehead atoms. The fourth-order valence-corrected chi connectivity index (χ4v) is 5.96. The fourth-order valence-electron chi connectivity index (χ4n) is 5.96. The molecule has 10 heteroatoms. The smallest absolute Gasteiger partial charge is 0.410 e. The first-order valence-electron chi connectivity index (χ1n) is 14.2. The van der Waals surface area contributed by atoms with Crippen LogP contribution < -0.4 is 4.90 Å². The number of fused-ring (bicyclic) bond motifs is 1. The van der Waals surface area contributed by atoms with Crippen LogP contribution in [0.1, 0.15) is 39.2 Å². The Kier molecular flexibility index (Phi) is 6.90. The van der Waals surface area contributed by atoms with Crippen molar-refractivity contribution >= 4 is 28.9 Å². The van der Waals surface area contributed by atoms with Crippen molar-refractivity contribution in [3.05, 3.63) is 42.2 Å². The molecule has 0 aliphatic carbocycles. The lowest BCUT2D eigenvalue weighted by Crippen LogP contribution is -2.62. The standard InChI is InChI=1S/C30H38N6O4/c1-29(2,3)40-28(38)36-18-30(19-36)8-10-34(11-9-30)25(37)16-21-4-6-22(7-5-21)24-17-23-26(33-24)31-20-32-27(23)35-12-14-39-15-13-35/h4-7,17,20H,8-16,18-19H2,1-3H3,(H,31,32,33). The summed E-state index contributed by atoms with van der Waals surface area (Å²) in [6, 6.07) is 10.3. The average Bonchev–Trinajstić information content (AvgIpc) is 3.36. The summed E-state index contributed by atoms with van der Waals surface area (Å²) in [5.74, 6) is 1.09. The Labute approximate surface area is 234 Å². The van der Waals surface area contributed by atoms with Crippen LogP contribution in [0.5, 0.6) is 0 Å². The van der Waals surface area contributed by atoms with Crippen LogP contribution in [0.15, 0.2) is 36.7 Å². The Hall–Kier alpha value is -3.66. The maximum Gasteiger partial charge on any atom is 0.410 e. The zero-order valence-electron chi connectivity index (χ0n) is 23.6. The van der Waals surface area contributed by atoms with Gasteiger partial charge in [0.25, 0.3) is 0 Å². The molecule has 0 atom stereocenters. The molecule has 10 nitrogen and oxygen atoms in total. The van der Waals surface area contributed by atoms with Crippen LogP contribution in [0.3, 0.4) is 0 Å². The lowest BCUT2D eigenvalue weighted by atomic mass is 9.72. The van der Waals surface area contributed by atoms with Gasteiger partial charge in [-0.05, 0) is 50.8 Å². The highest BCUT2D eigenvalue weighted by atomic mass is 16.6. The second-order valence-electron chi connectivity index (χ2n) is 12.3.